The van der Waals surface area contributed by atoms with E-state index in [1.165, 1.54) is 12.1 Å². The second-order valence-electron chi connectivity index (χ2n) is 4.93. The van der Waals surface area contributed by atoms with Gasteiger partial charge in [0, 0.05) is 25.7 Å². The molecule has 4 nitrogen and oxygen atoms in total. The van der Waals surface area contributed by atoms with Gasteiger partial charge < -0.3 is 9.80 Å². The third-order valence-electron chi connectivity index (χ3n) is 3.62. The van der Waals surface area contributed by atoms with Crippen LogP contribution in [0.15, 0.2) is 6.20 Å². The Hall–Kier alpha value is -1.16. The Balaban J connectivity index is 1.94. The number of anilines is 1. The highest BCUT2D eigenvalue weighted by Gasteiger charge is 2.31. The third kappa shape index (κ3) is 1.57. The molecule has 1 aromatic rings. The summed E-state index contributed by atoms with van der Waals surface area (Å²) in [5, 5.41) is 0. The van der Waals surface area contributed by atoms with Gasteiger partial charge in [-0.3, -0.25) is 4.98 Å². The van der Waals surface area contributed by atoms with Crippen molar-refractivity contribution in [1.82, 2.24) is 14.9 Å². The van der Waals surface area contributed by atoms with Gasteiger partial charge in [-0.2, -0.15) is 0 Å². The maximum Gasteiger partial charge on any atom is 0.150 e. The second kappa shape index (κ2) is 3.70. The molecule has 4 heteroatoms. The molecule has 1 saturated heterocycles. The summed E-state index contributed by atoms with van der Waals surface area (Å²) in [5.74, 6) is 1.13. The highest BCUT2D eigenvalue weighted by atomic mass is 15.3. The number of fused-ring (bicyclic) bond motifs is 3. The Morgan fingerprint density at radius 3 is 3.12 bits per heavy atom. The number of aryl methyl sites for hydroxylation is 2. The van der Waals surface area contributed by atoms with Crippen LogP contribution < -0.4 is 4.90 Å². The molecule has 1 atom stereocenters. The maximum atomic E-state index is 4.61. The Morgan fingerprint density at radius 2 is 2.25 bits per heavy atom. The molecule has 0 radical (unpaired) electrons. The summed E-state index contributed by atoms with van der Waals surface area (Å²) in [6.45, 7) is 5.40. The topological polar surface area (TPSA) is 32.3 Å². The largest absolute Gasteiger partial charge is 0.350 e. The molecule has 1 unspecified atom stereocenters. The van der Waals surface area contributed by atoms with Crippen LogP contribution in [0, 0.1) is 6.92 Å². The summed E-state index contributed by atoms with van der Waals surface area (Å²) in [6, 6.07) is 0.642. The van der Waals surface area contributed by atoms with E-state index in [1.54, 1.807) is 0 Å². The first-order valence-electron chi connectivity index (χ1n) is 6.02. The van der Waals surface area contributed by atoms with E-state index in [2.05, 4.69) is 26.8 Å². The highest BCUT2D eigenvalue weighted by Crippen LogP contribution is 2.29. The minimum atomic E-state index is 0.642. The standard InChI is InChI=1S/C12H18N4/c1-9-7-13-12-11(14-9)4-3-10-8-15(2)5-6-16(10)12/h7,10H,3-6,8H2,1-2H3. The van der Waals surface area contributed by atoms with Crippen LogP contribution in [0.3, 0.4) is 0 Å². The van der Waals surface area contributed by atoms with Crippen molar-refractivity contribution >= 4 is 5.82 Å². The van der Waals surface area contributed by atoms with Gasteiger partial charge in [-0.15, -0.1) is 0 Å². The molecule has 0 amide bonds. The van der Waals surface area contributed by atoms with Crippen molar-refractivity contribution in [2.24, 2.45) is 0 Å². The predicted octanol–water partition coefficient (Wildman–Crippen LogP) is 0.852. The van der Waals surface area contributed by atoms with Crippen LogP contribution in [0.1, 0.15) is 17.8 Å². The van der Waals surface area contributed by atoms with Gasteiger partial charge in [-0.1, -0.05) is 0 Å². The summed E-state index contributed by atoms with van der Waals surface area (Å²) < 4.78 is 0. The molecule has 1 fully saturated rings. The molecule has 86 valence electrons. The Kier molecular flexibility index (Phi) is 2.32. The third-order valence-corrected chi connectivity index (χ3v) is 3.62. The number of hydrogen-bond donors (Lipinski definition) is 0. The molecule has 0 spiro atoms. The predicted molar refractivity (Wildman–Crippen MR) is 63.7 cm³/mol. The minimum absolute atomic E-state index is 0.642. The molecule has 16 heavy (non-hydrogen) atoms. The molecule has 3 rings (SSSR count). The van der Waals surface area contributed by atoms with Crippen LogP contribution in [-0.2, 0) is 6.42 Å². The van der Waals surface area contributed by atoms with E-state index in [0.717, 1.165) is 37.6 Å². The summed E-state index contributed by atoms with van der Waals surface area (Å²) in [5.41, 5.74) is 2.23. The van der Waals surface area contributed by atoms with Gasteiger partial charge in [0.1, 0.15) is 0 Å². The summed E-state index contributed by atoms with van der Waals surface area (Å²) in [4.78, 5) is 14.0. The van der Waals surface area contributed by atoms with Crippen molar-refractivity contribution in [3.63, 3.8) is 0 Å². The van der Waals surface area contributed by atoms with Crippen molar-refractivity contribution in [3.8, 4) is 0 Å². The normalized spacial score (nSPS) is 25.1. The molecule has 0 bridgehead atoms. The lowest BCUT2D eigenvalue weighted by Crippen LogP contribution is -2.54. The van der Waals surface area contributed by atoms with Crippen molar-refractivity contribution in [1.29, 1.82) is 0 Å². The molecule has 0 aliphatic carbocycles. The van der Waals surface area contributed by atoms with Gasteiger partial charge in [0.05, 0.1) is 17.6 Å². The first-order chi connectivity index (χ1) is 7.74. The van der Waals surface area contributed by atoms with Crippen LogP contribution in [0.2, 0.25) is 0 Å². The van der Waals surface area contributed by atoms with E-state index < -0.39 is 0 Å². The van der Waals surface area contributed by atoms with E-state index in [9.17, 15) is 0 Å². The van der Waals surface area contributed by atoms with Crippen LogP contribution >= 0.6 is 0 Å². The zero-order valence-corrected chi connectivity index (χ0v) is 9.98. The quantitative estimate of drug-likeness (QED) is 0.646. The summed E-state index contributed by atoms with van der Waals surface area (Å²) in [7, 11) is 2.20. The molecule has 1 aromatic heterocycles. The first-order valence-corrected chi connectivity index (χ1v) is 6.02. The van der Waals surface area contributed by atoms with E-state index in [4.69, 9.17) is 0 Å². The van der Waals surface area contributed by atoms with Gasteiger partial charge >= 0.3 is 0 Å². The zero-order valence-electron chi connectivity index (χ0n) is 9.98. The van der Waals surface area contributed by atoms with Crippen LogP contribution in [0.25, 0.3) is 0 Å². The Labute approximate surface area is 96.3 Å². The highest BCUT2D eigenvalue weighted by molar-refractivity contribution is 5.48. The molecule has 0 aromatic carbocycles. The molecular formula is C12H18N4. The van der Waals surface area contributed by atoms with Gasteiger partial charge in [0.25, 0.3) is 0 Å². The van der Waals surface area contributed by atoms with Crippen molar-refractivity contribution < 1.29 is 0 Å². The van der Waals surface area contributed by atoms with Gasteiger partial charge in [-0.25, -0.2) is 4.98 Å². The lowest BCUT2D eigenvalue weighted by Gasteiger charge is -2.43. The van der Waals surface area contributed by atoms with Gasteiger partial charge in [-0.05, 0) is 26.8 Å². The van der Waals surface area contributed by atoms with Crippen LogP contribution in [0.5, 0.6) is 0 Å². The van der Waals surface area contributed by atoms with Gasteiger partial charge in [0.2, 0.25) is 0 Å². The summed E-state index contributed by atoms with van der Waals surface area (Å²) >= 11 is 0. The van der Waals surface area contributed by atoms with E-state index in [1.807, 2.05) is 13.1 Å². The Morgan fingerprint density at radius 1 is 1.38 bits per heavy atom. The maximum absolute atomic E-state index is 4.61. The second-order valence-corrected chi connectivity index (χ2v) is 4.93. The molecular weight excluding hydrogens is 200 g/mol. The monoisotopic (exact) mass is 218 g/mol. The number of rotatable bonds is 0. The van der Waals surface area contributed by atoms with Crippen LogP contribution in [-0.4, -0.2) is 47.6 Å². The fourth-order valence-electron chi connectivity index (χ4n) is 2.77. The van der Waals surface area contributed by atoms with Gasteiger partial charge in [0.15, 0.2) is 5.82 Å². The van der Waals surface area contributed by atoms with Crippen molar-refractivity contribution in [2.45, 2.75) is 25.8 Å². The zero-order chi connectivity index (χ0) is 11.1. The average molecular weight is 218 g/mol. The minimum Gasteiger partial charge on any atom is -0.350 e. The lowest BCUT2D eigenvalue weighted by atomic mass is 9.99. The average Bonchev–Trinajstić information content (AvgIpc) is 2.28. The van der Waals surface area contributed by atoms with E-state index in [-0.39, 0.29) is 0 Å². The number of likely N-dealkylation sites (N-methyl/N-ethyl adjacent to an activating group) is 1. The first kappa shape index (κ1) is 10.0. The van der Waals surface area contributed by atoms with E-state index >= 15 is 0 Å². The number of aromatic nitrogens is 2. The SMILES string of the molecule is Cc1cnc2c(n1)CCC1CN(C)CCN21. The Bertz CT molecular complexity index is 404. The molecule has 2 aliphatic rings. The molecule has 0 N–H and O–H groups in total. The summed E-state index contributed by atoms with van der Waals surface area (Å²) in [6.07, 6.45) is 4.19. The fraction of sp³-hybridized carbons (Fsp3) is 0.667. The van der Waals surface area contributed by atoms with Crippen LogP contribution in [0.4, 0.5) is 5.82 Å². The molecule has 3 heterocycles. The smallest absolute Gasteiger partial charge is 0.150 e. The number of hydrogen-bond acceptors (Lipinski definition) is 4. The lowest BCUT2D eigenvalue weighted by molar-refractivity contribution is 0.254. The molecule has 2 aliphatic heterocycles. The van der Waals surface area contributed by atoms with Crippen molar-refractivity contribution in [2.75, 3.05) is 31.6 Å². The fourth-order valence-corrected chi connectivity index (χ4v) is 2.77. The number of piperazine rings is 1. The molecule has 0 saturated carbocycles. The number of nitrogens with zero attached hydrogens (tertiary/aromatic N) is 4. The van der Waals surface area contributed by atoms with E-state index in [0.29, 0.717) is 6.04 Å². The van der Waals surface area contributed by atoms with Crippen molar-refractivity contribution in [3.05, 3.63) is 17.6 Å².